The molecule has 0 amide bonds. The number of anilines is 1. The van der Waals surface area contributed by atoms with E-state index >= 15 is 0 Å². The van der Waals surface area contributed by atoms with Crippen LogP contribution >= 0.6 is 0 Å². The SMILES string of the molecule is Cc1cc(C#N)cc(C)c1Oc1ccnc(NC2=CC=C(C#N)C(C)C2)c1. The van der Waals surface area contributed by atoms with E-state index in [1.807, 2.05) is 51.1 Å². The summed E-state index contributed by atoms with van der Waals surface area (Å²) < 4.78 is 6.06. The van der Waals surface area contributed by atoms with Gasteiger partial charge in [0, 0.05) is 23.5 Å². The van der Waals surface area contributed by atoms with Crippen LogP contribution < -0.4 is 10.1 Å². The van der Waals surface area contributed by atoms with Gasteiger partial charge in [-0.05, 0) is 67.7 Å². The van der Waals surface area contributed by atoms with Gasteiger partial charge < -0.3 is 10.1 Å². The summed E-state index contributed by atoms with van der Waals surface area (Å²) in [7, 11) is 0. The topological polar surface area (TPSA) is 81.7 Å². The Hall–Kier alpha value is -3.57. The van der Waals surface area contributed by atoms with E-state index in [0.717, 1.165) is 34.6 Å². The molecule has 1 N–H and O–H groups in total. The van der Waals surface area contributed by atoms with Gasteiger partial charge >= 0.3 is 0 Å². The molecule has 1 unspecified atom stereocenters. The van der Waals surface area contributed by atoms with Crippen molar-refractivity contribution in [3.63, 3.8) is 0 Å². The number of aromatic nitrogens is 1. The molecule has 0 fully saturated rings. The van der Waals surface area contributed by atoms with Crippen LogP contribution in [0.4, 0.5) is 5.82 Å². The average molecular weight is 356 g/mol. The molecule has 0 aliphatic heterocycles. The smallest absolute Gasteiger partial charge is 0.133 e. The van der Waals surface area contributed by atoms with Crippen molar-refractivity contribution in [3.05, 3.63) is 70.6 Å². The van der Waals surface area contributed by atoms with E-state index in [4.69, 9.17) is 15.3 Å². The van der Waals surface area contributed by atoms with Crippen molar-refractivity contribution in [2.45, 2.75) is 27.2 Å². The van der Waals surface area contributed by atoms with Crippen LogP contribution in [-0.4, -0.2) is 4.98 Å². The standard InChI is InChI=1S/C22H20N4O/c1-14-10-19(5-4-18(14)13-24)26-21-11-20(6-7-25-21)27-22-15(2)8-17(12-23)9-16(22)3/h4-9,11,14H,10H2,1-3H3,(H,25,26). The Morgan fingerprint density at radius 2 is 1.85 bits per heavy atom. The van der Waals surface area contributed by atoms with Crippen LogP contribution in [0.25, 0.3) is 0 Å². The molecular weight excluding hydrogens is 336 g/mol. The molecule has 0 saturated heterocycles. The van der Waals surface area contributed by atoms with E-state index in [9.17, 15) is 0 Å². The second kappa shape index (κ2) is 7.76. The van der Waals surface area contributed by atoms with Gasteiger partial charge in [-0.15, -0.1) is 0 Å². The molecule has 0 bridgehead atoms. The molecule has 1 atom stereocenters. The molecule has 2 aromatic rings. The summed E-state index contributed by atoms with van der Waals surface area (Å²) in [5.74, 6) is 2.29. The van der Waals surface area contributed by atoms with Gasteiger partial charge in [0.15, 0.2) is 0 Å². The monoisotopic (exact) mass is 356 g/mol. The highest BCUT2D eigenvalue weighted by atomic mass is 16.5. The first-order valence-electron chi connectivity index (χ1n) is 8.73. The van der Waals surface area contributed by atoms with E-state index in [0.29, 0.717) is 17.1 Å². The van der Waals surface area contributed by atoms with Gasteiger partial charge in [0.1, 0.15) is 17.3 Å². The summed E-state index contributed by atoms with van der Waals surface area (Å²) in [6.45, 7) is 5.89. The lowest BCUT2D eigenvalue weighted by Gasteiger charge is -2.19. The maximum atomic E-state index is 9.08. The average Bonchev–Trinajstić information content (AvgIpc) is 2.65. The zero-order valence-electron chi connectivity index (χ0n) is 15.6. The fraction of sp³-hybridized carbons (Fsp3) is 0.227. The second-order valence-electron chi connectivity index (χ2n) is 6.69. The van der Waals surface area contributed by atoms with Gasteiger partial charge in [0.05, 0.1) is 17.7 Å². The molecule has 1 aliphatic carbocycles. The van der Waals surface area contributed by atoms with Crippen LogP contribution in [-0.2, 0) is 0 Å². The Bertz CT molecular complexity index is 998. The normalized spacial score (nSPS) is 15.8. The Kier molecular flexibility index (Phi) is 5.24. The van der Waals surface area contributed by atoms with Crippen molar-refractivity contribution in [2.24, 2.45) is 5.92 Å². The second-order valence-corrected chi connectivity index (χ2v) is 6.69. The number of hydrogen-bond acceptors (Lipinski definition) is 5. The highest BCUT2D eigenvalue weighted by molar-refractivity contribution is 5.52. The molecule has 1 aromatic heterocycles. The van der Waals surface area contributed by atoms with E-state index in [2.05, 4.69) is 22.4 Å². The third-order valence-electron chi connectivity index (χ3n) is 4.48. The minimum absolute atomic E-state index is 0.186. The van der Waals surface area contributed by atoms with Crippen molar-refractivity contribution < 1.29 is 4.74 Å². The summed E-state index contributed by atoms with van der Waals surface area (Å²) >= 11 is 0. The van der Waals surface area contributed by atoms with E-state index in [-0.39, 0.29) is 5.92 Å². The molecule has 1 aliphatic rings. The lowest BCUT2D eigenvalue weighted by molar-refractivity contribution is 0.474. The lowest BCUT2D eigenvalue weighted by Crippen LogP contribution is -2.10. The quantitative estimate of drug-likeness (QED) is 0.819. The molecule has 3 rings (SSSR count). The maximum Gasteiger partial charge on any atom is 0.133 e. The van der Waals surface area contributed by atoms with Gasteiger partial charge in [0.2, 0.25) is 0 Å². The third-order valence-corrected chi connectivity index (χ3v) is 4.48. The van der Waals surface area contributed by atoms with Gasteiger partial charge in [-0.3, -0.25) is 0 Å². The first-order chi connectivity index (χ1) is 13.0. The fourth-order valence-electron chi connectivity index (χ4n) is 3.10. The van der Waals surface area contributed by atoms with E-state index in [1.165, 1.54) is 0 Å². The predicted octanol–water partition coefficient (Wildman–Crippen LogP) is 5.15. The summed E-state index contributed by atoms with van der Waals surface area (Å²) in [6.07, 6.45) is 6.22. The zero-order valence-corrected chi connectivity index (χ0v) is 15.6. The number of nitrogens with one attached hydrogen (secondary N) is 1. The number of benzene rings is 1. The fourth-order valence-corrected chi connectivity index (χ4v) is 3.10. The molecule has 134 valence electrons. The minimum atomic E-state index is 0.186. The first-order valence-corrected chi connectivity index (χ1v) is 8.73. The number of hydrogen-bond donors (Lipinski definition) is 1. The molecule has 1 heterocycles. The highest BCUT2D eigenvalue weighted by Crippen LogP contribution is 2.31. The highest BCUT2D eigenvalue weighted by Gasteiger charge is 2.15. The van der Waals surface area contributed by atoms with E-state index in [1.54, 1.807) is 12.3 Å². The van der Waals surface area contributed by atoms with Crippen molar-refractivity contribution in [1.29, 1.82) is 10.5 Å². The number of pyridine rings is 1. The van der Waals surface area contributed by atoms with Gasteiger partial charge in [0.25, 0.3) is 0 Å². The summed E-state index contributed by atoms with van der Waals surface area (Å²) in [5, 5.41) is 21.5. The molecule has 0 saturated carbocycles. The van der Waals surface area contributed by atoms with Crippen molar-refractivity contribution >= 4 is 5.82 Å². The number of aryl methyl sites for hydroxylation is 2. The van der Waals surface area contributed by atoms with Crippen molar-refractivity contribution in [1.82, 2.24) is 4.98 Å². The molecule has 0 radical (unpaired) electrons. The molecule has 27 heavy (non-hydrogen) atoms. The predicted molar refractivity (Wildman–Crippen MR) is 104 cm³/mol. The summed E-state index contributed by atoms with van der Waals surface area (Å²) in [6, 6.07) is 11.7. The largest absolute Gasteiger partial charge is 0.457 e. The number of rotatable bonds is 4. The molecule has 5 heteroatoms. The van der Waals surface area contributed by atoms with Crippen LogP contribution in [0.2, 0.25) is 0 Å². The Balaban J connectivity index is 1.80. The van der Waals surface area contributed by atoms with Crippen LogP contribution in [0.15, 0.2) is 53.9 Å². The van der Waals surface area contributed by atoms with Gasteiger partial charge in [-0.1, -0.05) is 6.92 Å². The third kappa shape index (κ3) is 4.16. The summed E-state index contributed by atoms with van der Waals surface area (Å²) in [4.78, 5) is 4.35. The molecular formula is C22H20N4O. The molecule has 5 nitrogen and oxygen atoms in total. The lowest BCUT2D eigenvalue weighted by atomic mass is 9.92. The van der Waals surface area contributed by atoms with Crippen molar-refractivity contribution in [2.75, 3.05) is 5.32 Å². The Labute approximate surface area is 159 Å². The maximum absolute atomic E-state index is 9.08. The molecule has 1 aromatic carbocycles. The summed E-state index contributed by atoms with van der Waals surface area (Å²) in [5.41, 5.74) is 4.25. The van der Waals surface area contributed by atoms with Gasteiger partial charge in [-0.25, -0.2) is 4.98 Å². The van der Waals surface area contributed by atoms with E-state index < -0.39 is 0 Å². The Morgan fingerprint density at radius 1 is 1.11 bits per heavy atom. The van der Waals surface area contributed by atoms with Gasteiger partial charge in [-0.2, -0.15) is 10.5 Å². The van der Waals surface area contributed by atoms with Crippen molar-refractivity contribution in [3.8, 4) is 23.6 Å². The van der Waals surface area contributed by atoms with Crippen LogP contribution in [0, 0.1) is 42.4 Å². The first kappa shape index (κ1) is 18.2. The number of ether oxygens (including phenoxy) is 1. The van der Waals surface area contributed by atoms with Crippen LogP contribution in [0.5, 0.6) is 11.5 Å². The zero-order chi connectivity index (χ0) is 19.4. The Morgan fingerprint density at radius 3 is 2.48 bits per heavy atom. The van der Waals surface area contributed by atoms with Crippen LogP contribution in [0.3, 0.4) is 0 Å². The number of allylic oxidation sites excluding steroid dienone is 4. The number of nitriles is 2. The number of nitrogens with zero attached hydrogens (tertiary/aromatic N) is 3. The molecule has 0 spiro atoms. The van der Waals surface area contributed by atoms with Crippen LogP contribution in [0.1, 0.15) is 30.0 Å². The minimum Gasteiger partial charge on any atom is -0.457 e.